The van der Waals surface area contributed by atoms with Gasteiger partial charge in [-0.15, -0.1) is 0 Å². The van der Waals surface area contributed by atoms with Crippen LogP contribution in [0.3, 0.4) is 0 Å². The van der Waals surface area contributed by atoms with Crippen LogP contribution in [0.2, 0.25) is 5.02 Å². The number of nitrogens with one attached hydrogen (secondary N) is 2. The zero-order chi connectivity index (χ0) is 19.6. The van der Waals surface area contributed by atoms with E-state index >= 15 is 0 Å². The van der Waals surface area contributed by atoms with Crippen molar-refractivity contribution in [2.24, 2.45) is 7.05 Å². The zero-order valence-corrected chi connectivity index (χ0v) is 16.0. The van der Waals surface area contributed by atoms with Gasteiger partial charge in [-0.05, 0) is 30.3 Å². The molecular formula is C17H16ClN5O3S. The van der Waals surface area contributed by atoms with Gasteiger partial charge >= 0.3 is 0 Å². The highest BCUT2D eigenvalue weighted by atomic mass is 35.5. The molecule has 0 radical (unpaired) electrons. The number of benzene rings is 1. The molecule has 0 atom stereocenters. The molecule has 1 aromatic carbocycles. The number of sulfonamides is 1. The first-order valence-corrected chi connectivity index (χ1v) is 10.0. The van der Waals surface area contributed by atoms with Crippen molar-refractivity contribution < 1.29 is 13.2 Å². The third-order valence-electron chi connectivity index (χ3n) is 3.52. The first kappa shape index (κ1) is 18.9. The molecule has 2 aromatic heterocycles. The Hall–Kier alpha value is -2.91. The number of hydrogen-bond donors (Lipinski definition) is 2. The van der Waals surface area contributed by atoms with Gasteiger partial charge in [-0.2, -0.15) is 0 Å². The van der Waals surface area contributed by atoms with Crippen molar-refractivity contribution in [2.75, 3.05) is 16.3 Å². The predicted molar refractivity (Wildman–Crippen MR) is 104 cm³/mol. The summed E-state index contributed by atoms with van der Waals surface area (Å²) in [6, 6.07) is 7.84. The molecule has 0 saturated carbocycles. The Morgan fingerprint density at radius 2 is 1.78 bits per heavy atom. The summed E-state index contributed by atoms with van der Waals surface area (Å²) in [5.74, 6) is 0.127. The average Bonchev–Trinajstić information content (AvgIpc) is 2.95. The summed E-state index contributed by atoms with van der Waals surface area (Å²) in [5.41, 5.74) is 1.70. The number of carbonyl (C=O) groups excluding carboxylic acids is 1. The van der Waals surface area contributed by atoms with Gasteiger partial charge in [0.25, 0.3) is 5.91 Å². The Balaban J connectivity index is 1.84. The van der Waals surface area contributed by atoms with Crippen LogP contribution in [0, 0.1) is 0 Å². The first-order chi connectivity index (χ1) is 12.7. The van der Waals surface area contributed by atoms with E-state index in [-0.39, 0.29) is 16.6 Å². The maximum absolute atomic E-state index is 12.6. The van der Waals surface area contributed by atoms with Crippen LogP contribution < -0.4 is 10.0 Å². The molecule has 1 amide bonds. The number of anilines is 2. The molecule has 2 N–H and O–H groups in total. The second-order valence-corrected chi connectivity index (χ2v) is 8.04. The van der Waals surface area contributed by atoms with Crippen LogP contribution in [0.4, 0.5) is 11.4 Å². The lowest BCUT2D eigenvalue weighted by Crippen LogP contribution is -2.13. The van der Waals surface area contributed by atoms with Crippen molar-refractivity contribution in [3.05, 3.63) is 59.5 Å². The van der Waals surface area contributed by atoms with Crippen LogP contribution >= 0.6 is 11.6 Å². The van der Waals surface area contributed by atoms with Crippen LogP contribution in [0.5, 0.6) is 0 Å². The number of carbonyl (C=O) groups is 1. The van der Waals surface area contributed by atoms with Crippen LogP contribution in [-0.4, -0.2) is 35.1 Å². The molecule has 0 fully saturated rings. The second-order valence-electron chi connectivity index (χ2n) is 5.85. The van der Waals surface area contributed by atoms with Crippen LogP contribution in [-0.2, 0) is 17.1 Å². The van der Waals surface area contributed by atoms with Gasteiger partial charge < -0.3 is 9.88 Å². The Morgan fingerprint density at radius 3 is 2.44 bits per heavy atom. The number of aryl methyl sites for hydroxylation is 1. The molecule has 3 aromatic rings. The van der Waals surface area contributed by atoms with E-state index in [1.807, 2.05) is 0 Å². The normalized spacial score (nSPS) is 11.2. The van der Waals surface area contributed by atoms with Gasteiger partial charge in [0, 0.05) is 36.3 Å². The summed E-state index contributed by atoms with van der Waals surface area (Å²) >= 11 is 6.01. The Kier molecular flexibility index (Phi) is 5.15. The fourth-order valence-corrected chi connectivity index (χ4v) is 3.26. The van der Waals surface area contributed by atoms with Crippen molar-refractivity contribution in [3.8, 4) is 11.5 Å². The average molecular weight is 406 g/mol. The second kappa shape index (κ2) is 7.37. The van der Waals surface area contributed by atoms with Crippen LogP contribution in [0.1, 0.15) is 10.4 Å². The molecule has 27 heavy (non-hydrogen) atoms. The molecule has 0 saturated heterocycles. The van der Waals surface area contributed by atoms with Crippen molar-refractivity contribution in [1.29, 1.82) is 0 Å². The topological polar surface area (TPSA) is 106 Å². The molecule has 2 heterocycles. The summed E-state index contributed by atoms with van der Waals surface area (Å²) in [6.45, 7) is 0. The van der Waals surface area contributed by atoms with E-state index in [1.165, 1.54) is 18.2 Å². The molecule has 0 aliphatic carbocycles. The number of hydrogen-bond acceptors (Lipinski definition) is 5. The van der Waals surface area contributed by atoms with Gasteiger partial charge in [0.1, 0.15) is 0 Å². The number of rotatable bonds is 5. The van der Waals surface area contributed by atoms with Gasteiger partial charge in [-0.3, -0.25) is 9.52 Å². The van der Waals surface area contributed by atoms with Crippen LogP contribution in [0.15, 0.2) is 48.9 Å². The smallest absolute Gasteiger partial charge is 0.257 e. The molecule has 0 unspecified atom stereocenters. The lowest BCUT2D eigenvalue weighted by Gasteiger charge is -2.09. The summed E-state index contributed by atoms with van der Waals surface area (Å²) < 4.78 is 26.8. The third-order valence-corrected chi connectivity index (χ3v) is 4.35. The van der Waals surface area contributed by atoms with E-state index in [2.05, 4.69) is 20.0 Å². The zero-order valence-electron chi connectivity index (χ0n) is 14.5. The highest BCUT2D eigenvalue weighted by molar-refractivity contribution is 7.92. The summed E-state index contributed by atoms with van der Waals surface area (Å²) in [4.78, 5) is 20.9. The van der Waals surface area contributed by atoms with Crippen molar-refractivity contribution in [3.63, 3.8) is 0 Å². The Labute approximate surface area is 161 Å². The maximum atomic E-state index is 12.6. The minimum atomic E-state index is -3.46. The number of nitrogens with zero attached hydrogens (tertiary/aromatic N) is 3. The van der Waals surface area contributed by atoms with Gasteiger partial charge in [0.2, 0.25) is 10.0 Å². The fourth-order valence-electron chi connectivity index (χ4n) is 2.48. The van der Waals surface area contributed by atoms with Crippen molar-refractivity contribution in [1.82, 2.24) is 14.5 Å². The van der Waals surface area contributed by atoms with Crippen molar-refractivity contribution in [2.45, 2.75) is 0 Å². The molecule has 10 heteroatoms. The summed E-state index contributed by atoms with van der Waals surface area (Å²) in [6.07, 6.45) is 5.93. The minimum absolute atomic E-state index is 0.256. The van der Waals surface area contributed by atoms with Gasteiger partial charge in [-0.25, -0.2) is 18.4 Å². The SMILES string of the molecule is Cn1cc(C(=O)Nc2cc(Cl)cc(NS(C)(=O)=O)c2)cc1-c1ncccn1. The number of aromatic nitrogens is 3. The minimum Gasteiger partial charge on any atom is -0.347 e. The highest BCUT2D eigenvalue weighted by Crippen LogP contribution is 2.24. The largest absolute Gasteiger partial charge is 0.347 e. The quantitative estimate of drug-likeness (QED) is 0.678. The molecule has 8 nitrogen and oxygen atoms in total. The Bertz CT molecular complexity index is 1100. The van der Waals surface area contributed by atoms with Gasteiger partial charge in [0.05, 0.1) is 23.2 Å². The van der Waals surface area contributed by atoms with Gasteiger partial charge in [-0.1, -0.05) is 11.6 Å². The third kappa shape index (κ3) is 4.83. The molecule has 0 aliphatic heterocycles. The summed E-state index contributed by atoms with van der Waals surface area (Å²) in [7, 11) is -1.68. The first-order valence-electron chi connectivity index (χ1n) is 7.75. The number of amides is 1. The maximum Gasteiger partial charge on any atom is 0.257 e. The van der Waals surface area contributed by atoms with Crippen LogP contribution in [0.25, 0.3) is 11.5 Å². The van der Waals surface area contributed by atoms with Gasteiger partial charge in [0.15, 0.2) is 5.82 Å². The van der Waals surface area contributed by atoms with Crippen molar-refractivity contribution >= 4 is 38.9 Å². The molecular weight excluding hydrogens is 390 g/mol. The fraction of sp³-hybridized carbons (Fsp3) is 0.118. The summed E-state index contributed by atoms with van der Waals surface area (Å²) in [5, 5.41) is 2.99. The predicted octanol–water partition coefficient (Wildman–Crippen LogP) is 2.76. The van der Waals surface area contributed by atoms with E-state index in [0.29, 0.717) is 22.8 Å². The number of halogens is 1. The standard InChI is InChI=1S/C17H16ClN5O3S/c1-23-10-11(6-15(23)16-19-4-3-5-20-16)17(24)21-13-7-12(18)8-14(9-13)22-27(2,25)26/h3-10,22H,1-2H3,(H,21,24). The molecule has 140 valence electrons. The molecule has 3 rings (SSSR count). The Morgan fingerprint density at radius 1 is 1.11 bits per heavy atom. The molecule has 0 aliphatic rings. The lowest BCUT2D eigenvalue weighted by atomic mass is 10.2. The molecule has 0 bridgehead atoms. The van der Waals surface area contributed by atoms with E-state index < -0.39 is 10.0 Å². The van der Waals surface area contributed by atoms with E-state index in [9.17, 15) is 13.2 Å². The van der Waals surface area contributed by atoms with E-state index in [0.717, 1.165) is 6.26 Å². The van der Waals surface area contributed by atoms with E-state index in [4.69, 9.17) is 11.6 Å². The monoisotopic (exact) mass is 405 g/mol. The molecule has 0 spiro atoms. The van der Waals surface area contributed by atoms with E-state index in [1.54, 1.807) is 42.3 Å². The highest BCUT2D eigenvalue weighted by Gasteiger charge is 2.14. The lowest BCUT2D eigenvalue weighted by molar-refractivity contribution is 0.102.